The van der Waals surface area contributed by atoms with E-state index in [9.17, 15) is 10.1 Å². The van der Waals surface area contributed by atoms with Crippen molar-refractivity contribution >= 4 is 0 Å². The van der Waals surface area contributed by atoms with Crippen LogP contribution in [0.1, 0.15) is 0 Å². The molecule has 0 spiro atoms. The molecule has 3 aliphatic carbocycles. The Kier molecular flexibility index (Phi) is 0.367. The molecule has 0 aromatic carbocycles. The average Bonchev–Trinajstić information content (AvgIpc) is 2.03. The van der Waals surface area contributed by atoms with Gasteiger partial charge in [0.05, 0.1) is 5.92 Å². The molecule has 0 radical (unpaired) electrons. The fraction of sp³-hybridized carbons (Fsp3) is 1.00. The van der Waals surface area contributed by atoms with Crippen LogP contribution in [0.25, 0.3) is 0 Å². The highest BCUT2D eigenvalue weighted by atomic mass is 16.6. The number of nitro groups is 1. The first-order valence-electron chi connectivity index (χ1n) is 4.40. The summed E-state index contributed by atoms with van der Waals surface area (Å²) in [5.41, 5.74) is 4.89. The van der Waals surface area contributed by atoms with Crippen LogP contribution < -0.4 is 5.73 Å². The minimum absolute atomic E-state index is 0.128. The van der Waals surface area contributed by atoms with Crippen LogP contribution >= 0.6 is 0 Å². The summed E-state index contributed by atoms with van der Waals surface area (Å²) >= 11 is 0. The molecule has 3 aliphatic heterocycles. The summed E-state index contributed by atoms with van der Waals surface area (Å²) < 4.78 is 0. The molecular formula is C7H7N3O2. The topological polar surface area (TPSA) is 72.4 Å². The highest BCUT2D eigenvalue weighted by Gasteiger charge is 3.16. The monoisotopic (exact) mass is 165 g/mol. The third-order valence-electron chi connectivity index (χ3n) is 5.36. The van der Waals surface area contributed by atoms with Gasteiger partial charge in [-0.3, -0.25) is 10.1 Å². The predicted octanol–water partition coefficient (Wildman–Crippen LogP) is -1.39. The molecule has 6 rings (SSSR count). The molecule has 3 saturated carbocycles. The standard InChI is InChI=1S/C7H7N3O2/c8-6-2-1-4-3(2)7(6,10(11)12)9(4)5(1)6/h1-5H,8H2. The van der Waals surface area contributed by atoms with E-state index < -0.39 is 5.66 Å². The molecule has 62 valence electrons. The molecule has 6 fully saturated rings. The van der Waals surface area contributed by atoms with Crippen LogP contribution in [0.5, 0.6) is 0 Å². The molecule has 0 aromatic rings. The first kappa shape index (κ1) is 5.14. The number of nitrogens with two attached hydrogens (primary N) is 1. The zero-order valence-corrected chi connectivity index (χ0v) is 6.18. The van der Waals surface area contributed by atoms with Crippen molar-refractivity contribution < 1.29 is 4.92 Å². The van der Waals surface area contributed by atoms with E-state index in [1.807, 2.05) is 4.90 Å². The van der Waals surface area contributed by atoms with Crippen molar-refractivity contribution in [1.29, 1.82) is 0 Å². The van der Waals surface area contributed by atoms with Gasteiger partial charge in [0, 0.05) is 22.9 Å². The lowest BCUT2D eigenvalue weighted by atomic mass is 9.11. The van der Waals surface area contributed by atoms with Gasteiger partial charge in [-0.15, -0.1) is 0 Å². The van der Waals surface area contributed by atoms with Gasteiger partial charge in [0.1, 0.15) is 5.54 Å². The summed E-state index contributed by atoms with van der Waals surface area (Å²) in [7, 11) is 0. The lowest BCUT2D eigenvalue weighted by Gasteiger charge is -3.05. The smallest absolute Gasteiger partial charge is 0.302 e. The van der Waals surface area contributed by atoms with Crippen molar-refractivity contribution in [2.24, 2.45) is 23.5 Å². The average molecular weight is 165 g/mol. The van der Waals surface area contributed by atoms with E-state index in [1.54, 1.807) is 0 Å². The molecular weight excluding hydrogens is 158 g/mol. The largest absolute Gasteiger partial charge is 0.316 e. The summed E-state index contributed by atoms with van der Waals surface area (Å²) in [5.74, 6) is 1.64. The number of hydrogen-bond donors (Lipinski definition) is 1. The molecule has 12 heavy (non-hydrogen) atoms. The van der Waals surface area contributed by atoms with Crippen LogP contribution in [0, 0.1) is 27.9 Å². The van der Waals surface area contributed by atoms with Gasteiger partial charge in [0.25, 0.3) is 0 Å². The van der Waals surface area contributed by atoms with Crippen molar-refractivity contribution in [3.63, 3.8) is 0 Å². The summed E-state index contributed by atoms with van der Waals surface area (Å²) in [6.07, 6.45) is 0. The van der Waals surface area contributed by atoms with Gasteiger partial charge in [-0.25, -0.2) is 4.90 Å². The van der Waals surface area contributed by atoms with Gasteiger partial charge in [0.15, 0.2) is 0 Å². The van der Waals surface area contributed by atoms with Gasteiger partial charge < -0.3 is 5.73 Å². The van der Waals surface area contributed by atoms with E-state index in [0.717, 1.165) is 5.92 Å². The normalized spacial score (nSPS) is 83.6. The van der Waals surface area contributed by atoms with Crippen molar-refractivity contribution in [3.8, 4) is 0 Å². The number of hydrogen-bond acceptors (Lipinski definition) is 4. The van der Waals surface area contributed by atoms with Gasteiger partial charge >= 0.3 is 5.66 Å². The quantitative estimate of drug-likeness (QED) is 0.383. The number of rotatable bonds is 1. The van der Waals surface area contributed by atoms with Crippen molar-refractivity contribution in [1.82, 2.24) is 4.90 Å². The maximum Gasteiger partial charge on any atom is 0.302 e. The molecule has 5 heteroatoms. The van der Waals surface area contributed by atoms with E-state index in [1.165, 1.54) is 0 Å². The van der Waals surface area contributed by atoms with Crippen molar-refractivity contribution in [2.45, 2.75) is 23.3 Å². The van der Waals surface area contributed by atoms with E-state index in [2.05, 4.69) is 0 Å². The third kappa shape index (κ3) is 0.147. The molecule has 0 bridgehead atoms. The Morgan fingerprint density at radius 1 is 1.50 bits per heavy atom. The SMILES string of the molecule is NC12C3C4C5C3C1([N+](=O)[O-])N5C42. The minimum Gasteiger partial charge on any atom is -0.316 e. The van der Waals surface area contributed by atoms with Crippen LogP contribution in [-0.2, 0) is 0 Å². The van der Waals surface area contributed by atoms with Crippen LogP contribution in [0.4, 0.5) is 0 Å². The zero-order valence-electron chi connectivity index (χ0n) is 6.18. The van der Waals surface area contributed by atoms with Crippen molar-refractivity contribution in [2.75, 3.05) is 0 Å². The molecule has 7 atom stereocenters. The zero-order chi connectivity index (χ0) is 8.04. The Balaban J connectivity index is 1.80. The Morgan fingerprint density at radius 2 is 2.25 bits per heavy atom. The van der Waals surface area contributed by atoms with Gasteiger partial charge in [0.2, 0.25) is 0 Å². The maximum atomic E-state index is 10.9. The molecule has 7 unspecified atom stereocenters. The van der Waals surface area contributed by atoms with Crippen LogP contribution in [0.3, 0.4) is 0 Å². The number of piperidine rings is 12. The van der Waals surface area contributed by atoms with Crippen LogP contribution in [0.15, 0.2) is 0 Å². The molecule has 3 saturated heterocycles. The third-order valence-corrected chi connectivity index (χ3v) is 5.36. The van der Waals surface area contributed by atoms with Crippen LogP contribution in [0.2, 0.25) is 0 Å². The fourth-order valence-corrected chi connectivity index (χ4v) is 5.22. The molecule has 6 aliphatic rings. The van der Waals surface area contributed by atoms with Crippen molar-refractivity contribution in [3.05, 3.63) is 10.1 Å². The molecule has 2 N–H and O–H groups in total. The summed E-state index contributed by atoms with van der Waals surface area (Å²) in [5, 5.41) is 10.9. The lowest BCUT2D eigenvalue weighted by molar-refractivity contribution is -0.805. The van der Waals surface area contributed by atoms with E-state index in [4.69, 9.17) is 5.73 Å². The Bertz CT molecular complexity index is 361. The summed E-state index contributed by atoms with van der Waals surface area (Å²) in [6, 6.07) is 0.985. The number of nitrogens with zero attached hydrogens (tertiary/aromatic N) is 2. The molecule has 0 aromatic heterocycles. The van der Waals surface area contributed by atoms with E-state index in [-0.39, 0.29) is 10.5 Å². The molecule has 3 heterocycles. The Hall–Kier alpha value is -0.680. The molecule has 5 nitrogen and oxygen atoms in total. The lowest BCUT2D eigenvalue weighted by Crippen LogP contribution is -3.27. The second-order valence-electron chi connectivity index (χ2n) is 4.89. The second-order valence-corrected chi connectivity index (χ2v) is 4.89. The first-order chi connectivity index (χ1) is 5.68. The van der Waals surface area contributed by atoms with Gasteiger partial charge in [-0.2, -0.15) is 0 Å². The predicted molar refractivity (Wildman–Crippen MR) is 36.5 cm³/mol. The van der Waals surface area contributed by atoms with Crippen LogP contribution in [-0.4, -0.2) is 33.1 Å². The Morgan fingerprint density at radius 3 is 2.58 bits per heavy atom. The van der Waals surface area contributed by atoms with Gasteiger partial charge in [-0.1, -0.05) is 0 Å². The minimum atomic E-state index is -0.762. The van der Waals surface area contributed by atoms with Gasteiger partial charge in [-0.05, 0) is 5.92 Å². The fourth-order valence-electron chi connectivity index (χ4n) is 5.22. The van der Waals surface area contributed by atoms with E-state index in [0.29, 0.717) is 23.9 Å². The summed E-state index contributed by atoms with van der Waals surface area (Å²) in [4.78, 5) is 12.8. The van der Waals surface area contributed by atoms with E-state index >= 15 is 0 Å². The first-order valence-corrected chi connectivity index (χ1v) is 4.40. The highest BCUT2D eigenvalue weighted by Crippen LogP contribution is 2.95. The summed E-state index contributed by atoms with van der Waals surface area (Å²) in [6.45, 7) is 0. The molecule has 0 amide bonds. The maximum absolute atomic E-state index is 10.9. The Labute approximate surface area is 67.7 Å². The highest BCUT2D eigenvalue weighted by molar-refractivity contribution is 5.61. The second kappa shape index (κ2) is 0.858.